The van der Waals surface area contributed by atoms with Crippen molar-refractivity contribution in [3.8, 4) is 33.2 Å². The molecule has 2 N–H and O–H groups in total. The number of carbonyl (C=O) groups is 2. The lowest BCUT2D eigenvalue weighted by Gasteiger charge is -2.24. The van der Waals surface area contributed by atoms with Gasteiger partial charge in [-0.1, -0.05) is 35.4 Å². The van der Waals surface area contributed by atoms with E-state index in [1.54, 1.807) is 17.5 Å². The molecule has 44 heavy (non-hydrogen) atoms. The Morgan fingerprint density at radius 1 is 0.614 bits per heavy atom. The third-order valence-electron chi connectivity index (χ3n) is 7.05. The summed E-state index contributed by atoms with van der Waals surface area (Å²) >= 11 is 1.63. The lowest BCUT2D eigenvalue weighted by atomic mass is 10.1. The van der Waals surface area contributed by atoms with Crippen LogP contribution in [0.3, 0.4) is 0 Å². The summed E-state index contributed by atoms with van der Waals surface area (Å²) in [5.41, 5.74) is 6.67. The summed E-state index contributed by atoms with van der Waals surface area (Å²) in [4.78, 5) is 40.1. The first-order chi connectivity index (χ1) is 21.2. The zero-order valence-electron chi connectivity index (χ0n) is 23.8. The lowest BCUT2D eigenvalue weighted by molar-refractivity contribution is 0.0686. The Balaban J connectivity index is 1.39. The molecule has 0 saturated heterocycles. The third kappa shape index (κ3) is 5.95. The second kappa shape index (κ2) is 11.9. The highest BCUT2D eigenvalue weighted by Gasteiger charge is 2.18. The number of carboxylic acid groups (broad SMARTS) is 2. The van der Waals surface area contributed by atoms with Gasteiger partial charge in [-0.2, -0.15) is 0 Å². The second-order valence-corrected chi connectivity index (χ2v) is 11.3. The Hall–Kier alpha value is -5.67. The molecule has 0 atom stereocenters. The van der Waals surface area contributed by atoms with Crippen molar-refractivity contribution < 1.29 is 19.8 Å². The number of rotatable bonds is 8. The normalized spacial score (nSPS) is 10.9. The van der Waals surface area contributed by atoms with Crippen LogP contribution >= 0.6 is 11.3 Å². The van der Waals surface area contributed by atoms with E-state index in [1.807, 2.05) is 12.1 Å². The van der Waals surface area contributed by atoms with Gasteiger partial charge in [0.2, 0.25) is 0 Å². The van der Waals surface area contributed by atoms with Gasteiger partial charge in [-0.05, 0) is 92.2 Å². The molecular weight excluding hydrogens is 572 g/mol. The maximum absolute atomic E-state index is 12.0. The SMILES string of the molecule is Cc1ccc(N(c2ccc(C)cc2)c2ccc(-c3ccnc(-c4cc(C(=O)O)cc(-c5cc(C(=O)O)ccn5)n4)c3)s2)cc1. The number of aromatic nitrogens is 3. The van der Waals surface area contributed by atoms with Crippen LogP contribution in [0.2, 0.25) is 0 Å². The van der Waals surface area contributed by atoms with E-state index in [9.17, 15) is 19.8 Å². The smallest absolute Gasteiger partial charge is 0.335 e. The summed E-state index contributed by atoms with van der Waals surface area (Å²) in [6, 6.07) is 30.3. The van der Waals surface area contributed by atoms with Crippen molar-refractivity contribution in [3.63, 3.8) is 0 Å². The summed E-state index contributed by atoms with van der Waals surface area (Å²) in [5.74, 6) is -2.26. The minimum Gasteiger partial charge on any atom is -0.478 e. The van der Waals surface area contributed by atoms with Gasteiger partial charge in [0.05, 0.1) is 33.9 Å². The van der Waals surface area contributed by atoms with Crippen LogP contribution in [0, 0.1) is 13.8 Å². The molecule has 0 fully saturated rings. The number of pyridine rings is 3. The van der Waals surface area contributed by atoms with Gasteiger partial charge in [-0.15, -0.1) is 11.3 Å². The molecule has 6 rings (SSSR count). The molecule has 9 heteroatoms. The number of hydrogen-bond acceptors (Lipinski definition) is 7. The Bertz CT molecular complexity index is 1960. The molecule has 0 aliphatic heterocycles. The predicted molar refractivity (Wildman–Crippen MR) is 172 cm³/mol. The predicted octanol–water partition coefficient (Wildman–Crippen LogP) is 8.42. The van der Waals surface area contributed by atoms with Gasteiger partial charge in [0, 0.05) is 28.6 Å². The molecule has 4 heterocycles. The van der Waals surface area contributed by atoms with Crippen LogP contribution in [-0.4, -0.2) is 37.1 Å². The van der Waals surface area contributed by atoms with Crippen molar-refractivity contribution in [1.29, 1.82) is 0 Å². The van der Waals surface area contributed by atoms with Crippen molar-refractivity contribution in [2.24, 2.45) is 0 Å². The minimum absolute atomic E-state index is 0.00928. The molecule has 0 spiro atoms. The fourth-order valence-corrected chi connectivity index (χ4v) is 5.78. The molecule has 0 amide bonds. The number of thiophene rings is 1. The number of benzene rings is 2. The highest BCUT2D eigenvalue weighted by molar-refractivity contribution is 7.19. The van der Waals surface area contributed by atoms with Crippen LogP contribution in [0.5, 0.6) is 0 Å². The third-order valence-corrected chi connectivity index (χ3v) is 8.16. The molecule has 0 aliphatic carbocycles. The molecule has 2 aromatic carbocycles. The van der Waals surface area contributed by atoms with Crippen molar-refractivity contribution in [2.45, 2.75) is 13.8 Å². The van der Waals surface area contributed by atoms with Gasteiger partial charge in [0.25, 0.3) is 0 Å². The summed E-state index contributed by atoms with van der Waals surface area (Å²) in [7, 11) is 0. The first kappa shape index (κ1) is 28.4. The van der Waals surface area contributed by atoms with Gasteiger partial charge < -0.3 is 15.1 Å². The van der Waals surface area contributed by atoms with Crippen LogP contribution in [0.4, 0.5) is 16.4 Å². The van der Waals surface area contributed by atoms with E-state index in [2.05, 4.69) is 94.4 Å². The van der Waals surface area contributed by atoms with E-state index in [-0.39, 0.29) is 22.5 Å². The summed E-state index contributed by atoms with van der Waals surface area (Å²) in [5, 5.41) is 20.2. The first-order valence-electron chi connectivity index (χ1n) is 13.7. The van der Waals surface area contributed by atoms with Crippen molar-refractivity contribution >= 4 is 39.7 Å². The Kier molecular flexibility index (Phi) is 7.70. The van der Waals surface area contributed by atoms with E-state index in [4.69, 9.17) is 0 Å². The Morgan fingerprint density at radius 2 is 1.14 bits per heavy atom. The largest absolute Gasteiger partial charge is 0.478 e. The number of nitrogens with zero attached hydrogens (tertiary/aromatic N) is 4. The fraction of sp³-hybridized carbons (Fsp3) is 0.0571. The first-order valence-corrected chi connectivity index (χ1v) is 14.5. The van der Waals surface area contributed by atoms with Gasteiger partial charge in [0.1, 0.15) is 5.00 Å². The quantitative estimate of drug-likeness (QED) is 0.179. The second-order valence-electron chi connectivity index (χ2n) is 10.2. The van der Waals surface area contributed by atoms with Crippen molar-refractivity contribution in [3.05, 3.63) is 132 Å². The lowest BCUT2D eigenvalue weighted by Crippen LogP contribution is -2.08. The van der Waals surface area contributed by atoms with Crippen LogP contribution in [0.15, 0.2) is 109 Å². The van der Waals surface area contributed by atoms with Gasteiger partial charge >= 0.3 is 11.9 Å². The molecule has 0 bridgehead atoms. The summed E-state index contributed by atoms with van der Waals surface area (Å²) in [6.45, 7) is 4.13. The molecule has 0 aliphatic rings. The van der Waals surface area contributed by atoms with E-state index in [0.717, 1.165) is 26.8 Å². The number of anilines is 3. The topological polar surface area (TPSA) is 117 Å². The minimum atomic E-state index is -1.14. The van der Waals surface area contributed by atoms with Gasteiger partial charge in [-0.25, -0.2) is 14.6 Å². The van der Waals surface area contributed by atoms with Gasteiger partial charge in [0.15, 0.2) is 0 Å². The highest BCUT2D eigenvalue weighted by Crippen LogP contribution is 2.42. The maximum Gasteiger partial charge on any atom is 0.335 e. The van der Waals surface area contributed by atoms with E-state index in [1.165, 1.54) is 41.6 Å². The monoisotopic (exact) mass is 598 g/mol. The zero-order chi connectivity index (χ0) is 30.8. The standard InChI is InChI=1S/C35H26N4O4S/c1-21-3-7-26(8-4-21)39(27-9-5-22(2)6-10-27)33-12-11-32(44-33)23-13-15-36-28(17-23)30-19-25(35(42)43)20-31(38-30)29-18-24(34(40)41)14-16-37-29/h3-20H,1-2H3,(H,40,41)(H,42,43). The number of carboxylic acids is 2. The van der Waals surface area contributed by atoms with Crippen LogP contribution in [0.1, 0.15) is 31.8 Å². The van der Waals surface area contributed by atoms with E-state index < -0.39 is 11.9 Å². The summed E-state index contributed by atoms with van der Waals surface area (Å²) in [6.07, 6.45) is 3.02. The molecule has 0 unspecified atom stereocenters. The van der Waals surface area contributed by atoms with Crippen LogP contribution in [0.25, 0.3) is 33.2 Å². The van der Waals surface area contributed by atoms with Crippen molar-refractivity contribution in [1.82, 2.24) is 15.0 Å². The molecule has 216 valence electrons. The highest BCUT2D eigenvalue weighted by atomic mass is 32.1. The molecule has 0 saturated carbocycles. The number of aromatic carboxylic acids is 2. The molecule has 8 nitrogen and oxygen atoms in total. The Labute approximate surface area is 257 Å². The molecule has 0 radical (unpaired) electrons. The van der Waals surface area contributed by atoms with Crippen LogP contribution < -0.4 is 4.90 Å². The molecule has 6 aromatic rings. The Morgan fingerprint density at radius 3 is 1.70 bits per heavy atom. The summed E-state index contributed by atoms with van der Waals surface area (Å²) < 4.78 is 0. The molecule has 4 aromatic heterocycles. The average molecular weight is 599 g/mol. The van der Waals surface area contributed by atoms with Crippen LogP contribution in [-0.2, 0) is 0 Å². The molecular formula is C35H26N4O4S. The van der Waals surface area contributed by atoms with E-state index >= 15 is 0 Å². The maximum atomic E-state index is 12.0. The average Bonchev–Trinajstić information content (AvgIpc) is 3.53. The fourth-order valence-electron chi connectivity index (χ4n) is 4.74. The van der Waals surface area contributed by atoms with E-state index in [0.29, 0.717) is 11.4 Å². The zero-order valence-corrected chi connectivity index (χ0v) is 24.6. The van der Waals surface area contributed by atoms with Gasteiger partial charge in [-0.3, -0.25) is 9.97 Å². The number of aryl methyl sites for hydroxylation is 2. The number of hydrogen-bond donors (Lipinski definition) is 2. The van der Waals surface area contributed by atoms with Crippen molar-refractivity contribution in [2.75, 3.05) is 4.90 Å².